The Labute approximate surface area is 103 Å². The number of benzene rings is 1. The first kappa shape index (κ1) is 11.4. The van der Waals surface area contributed by atoms with Gasteiger partial charge in [0, 0.05) is 10.0 Å². The van der Waals surface area contributed by atoms with Crippen LogP contribution in [0.3, 0.4) is 0 Å². The Morgan fingerprint density at radius 2 is 2.19 bits per heavy atom. The van der Waals surface area contributed by atoms with Gasteiger partial charge in [0.25, 0.3) is 0 Å². The van der Waals surface area contributed by atoms with Gasteiger partial charge in [0.05, 0.1) is 11.9 Å². The van der Waals surface area contributed by atoms with Crippen molar-refractivity contribution < 1.29 is 0 Å². The van der Waals surface area contributed by atoms with Crippen LogP contribution in [0, 0.1) is 0 Å². The number of likely N-dealkylation sites (N-methyl/N-ethyl adjacent to an activating group) is 1. The first-order valence-electron chi connectivity index (χ1n) is 5.24. The van der Waals surface area contributed by atoms with Gasteiger partial charge in [0.1, 0.15) is 0 Å². The van der Waals surface area contributed by atoms with Gasteiger partial charge in [-0.05, 0) is 31.6 Å². The molecule has 0 amide bonds. The third kappa shape index (κ3) is 2.33. The Bertz CT molecular complexity index is 465. The third-order valence-corrected chi connectivity index (χ3v) is 3.20. The molecule has 1 aromatic heterocycles. The normalized spacial score (nSPS) is 10.6. The molecule has 4 heteroatoms. The maximum absolute atomic E-state index is 4.12. The summed E-state index contributed by atoms with van der Waals surface area (Å²) in [4.78, 5) is 0. The van der Waals surface area contributed by atoms with Crippen molar-refractivity contribution >= 4 is 15.9 Å². The minimum Gasteiger partial charge on any atom is -0.319 e. The van der Waals surface area contributed by atoms with Crippen LogP contribution in [0.15, 0.2) is 34.9 Å². The van der Waals surface area contributed by atoms with Crippen molar-refractivity contribution in [2.24, 2.45) is 0 Å². The molecule has 0 unspecified atom stereocenters. The largest absolute Gasteiger partial charge is 0.319 e. The lowest BCUT2D eigenvalue weighted by molar-refractivity contribution is 0.793. The van der Waals surface area contributed by atoms with Crippen LogP contribution in [0.4, 0.5) is 0 Å². The maximum atomic E-state index is 4.12. The minimum absolute atomic E-state index is 0.955. The summed E-state index contributed by atoms with van der Waals surface area (Å²) < 4.78 is 1.09. The molecule has 0 aliphatic carbocycles. The van der Waals surface area contributed by atoms with Crippen LogP contribution in [-0.2, 0) is 6.42 Å². The summed E-state index contributed by atoms with van der Waals surface area (Å²) in [5.74, 6) is 0. The molecule has 0 spiro atoms. The monoisotopic (exact) mass is 279 g/mol. The molecule has 0 radical (unpaired) electrons. The molecule has 0 aliphatic rings. The molecule has 16 heavy (non-hydrogen) atoms. The fourth-order valence-electron chi connectivity index (χ4n) is 1.66. The standard InChI is InChI=1S/C12H14BrN3/c1-14-7-6-9-8-15-16-12(9)10-4-2-3-5-11(10)13/h2-5,8,14H,6-7H2,1H3,(H,15,16). The first-order chi connectivity index (χ1) is 7.83. The fourth-order valence-corrected chi connectivity index (χ4v) is 2.14. The van der Waals surface area contributed by atoms with Crippen LogP contribution in [0.5, 0.6) is 0 Å². The van der Waals surface area contributed by atoms with Gasteiger partial charge >= 0.3 is 0 Å². The lowest BCUT2D eigenvalue weighted by atomic mass is 10.1. The first-order valence-corrected chi connectivity index (χ1v) is 6.04. The lowest BCUT2D eigenvalue weighted by Crippen LogP contribution is -2.10. The van der Waals surface area contributed by atoms with E-state index in [0.717, 1.165) is 28.7 Å². The van der Waals surface area contributed by atoms with E-state index >= 15 is 0 Å². The Balaban J connectivity index is 2.33. The number of hydrogen-bond donors (Lipinski definition) is 2. The van der Waals surface area contributed by atoms with E-state index in [9.17, 15) is 0 Å². The van der Waals surface area contributed by atoms with Gasteiger partial charge in [0.2, 0.25) is 0 Å². The van der Waals surface area contributed by atoms with Crippen LogP contribution >= 0.6 is 15.9 Å². The quantitative estimate of drug-likeness (QED) is 0.903. The van der Waals surface area contributed by atoms with E-state index in [4.69, 9.17) is 0 Å². The summed E-state index contributed by atoms with van der Waals surface area (Å²) in [6, 6.07) is 8.17. The van der Waals surface area contributed by atoms with Gasteiger partial charge in [0.15, 0.2) is 0 Å². The zero-order valence-electron chi connectivity index (χ0n) is 9.13. The molecule has 84 valence electrons. The number of aromatic amines is 1. The van der Waals surface area contributed by atoms with Crippen LogP contribution in [-0.4, -0.2) is 23.8 Å². The van der Waals surface area contributed by atoms with Gasteiger partial charge in [-0.3, -0.25) is 5.10 Å². The van der Waals surface area contributed by atoms with Crippen molar-refractivity contribution in [3.8, 4) is 11.3 Å². The number of halogens is 1. The van der Waals surface area contributed by atoms with Crippen molar-refractivity contribution in [2.45, 2.75) is 6.42 Å². The van der Waals surface area contributed by atoms with Crippen LogP contribution in [0.1, 0.15) is 5.56 Å². The highest BCUT2D eigenvalue weighted by Gasteiger charge is 2.09. The van der Waals surface area contributed by atoms with Crippen LogP contribution < -0.4 is 5.32 Å². The molecule has 0 aliphatic heterocycles. The predicted molar refractivity (Wildman–Crippen MR) is 69.4 cm³/mol. The summed E-state index contributed by atoms with van der Waals surface area (Å²) >= 11 is 3.56. The molecule has 0 fully saturated rings. The number of rotatable bonds is 4. The maximum Gasteiger partial charge on any atom is 0.0693 e. The predicted octanol–water partition coefficient (Wildman–Crippen LogP) is 2.60. The van der Waals surface area contributed by atoms with Crippen molar-refractivity contribution in [3.63, 3.8) is 0 Å². The Morgan fingerprint density at radius 1 is 1.38 bits per heavy atom. The Kier molecular flexibility index (Phi) is 3.74. The second kappa shape index (κ2) is 5.27. The van der Waals surface area contributed by atoms with E-state index in [-0.39, 0.29) is 0 Å². The zero-order valence-corrected chi connectivity index (χ0v) is 10.7. The zero-order chi connectivity index (χ0) is 11.4. The van der Waals surface area contributed by atoms with Crippen molar-refractivity contribution in [2.75, 3.05) is 13.6 Å². The number of nitrogens with one attached hydrogen (secondary N) is 2. The lowest BCUT2D eigenvalue weighted by Gasteiger charge is -2.05. The van der Waals surface area contributed by atoms with E-state index in [0.29, 0.717) is 0 Å². The molecule has 1 aromatic carbocycles. The van der Waals surface area contributed by atoms with Crippen LogP contribution in [0.2, 0.25) is 0 Å². The molecule has 0 bridgehead atoms. The summed E-state index contributed by atoms with van der Waals surface area (Å²) in [6.45, 7) is 0.955. The number of hydrogen-bond acceptors (Lipinski definition) is 2. The summed E-state index contributed by atoms with van der Waals surface area (Å²) in [7, 11) is 1.96. The highest BCUT2D eigenvalue weighted by molar-refractivity contribution is 9.10. The van der Waals surface area contributed by atoms with Gasteiger partial charge in [-0.2, -0.15) is 5.10 Å². The van der Waals surface area contributed by atoms with Gasteiger partial charge in [-0.25, -0.2) is 0 Å². The van der Waals surface area contributed by atoms with Gasteiger partial charge < -0.3 is 5.32 Å². The number of nitrogens with zero attached hydrogens (tertiary/aromatic N) is 1. The molecular weight excluding hydrogens is 266 g/mol. The van der Waals surface area contributed by atoms with E-state index in [1.54, 1.807) is 0 Å². The third-order valence-electron chi connectivity index (χ3n) is 2.51. The van der Waals surface area contributed by atoms with Gasteiger partial charge in [-0.1, -0.05) is 34.1 Å². The summed E-state index contributed by atoms with van der Waals surface area (Å²) in [6.07, 6.45) is 2.87. The van der Waals surface area contributed by atoms with Gasteiger partial charge in [-0.15, -0.1) is 0 Å². The molecule has 2 rings (SSSR count). The molecule has 0 saturated heterocycles. The van der Waals surface area contributed by atoms with Crippen molar-refractivity contribution in [3.05, 3.63) is 40.5 Å². The van der Waals surface area contributed by atoms with E-state index in [2.05, 4.69) is 37.5 Å². The number of aromatic nitrogens is 2. The fraction of sp³-hybridized carbons (Fsp3) is 0.250. The molecule has 1 heterocycles. The minimum atomic E-state index is 0.955. The Morgan fingerprint density at radius 3 is 2.94 bits per heavy atom. The highest BCUT2D eigenvalue weighted by atomic mass is 79.9. The topological polar surface area (TPSA) is 40.7 Å². The Hall–Kier alpha value is -1.13. The van der Waals surface area contributed by atoms with E-state index < -0.39 is 0 Å². The average molecular weight is 280 g/mol. The average Bonchev–Trinajstić information content (AvgIpc) is 2.75. The van der Waals surface area contributed by atoms with Crippen molar-refractivity contribution in [1.29, 1.82) is 0 Å². The molecule has 2 N–H and O–H groups in total. The highest BCUT2D eigenvalue weighted by Crippen LogP contribution is 2.28. The molecule has 0 saturated carbocycles. The molecular formula is C12H14BrN3. The number of H-pyrrole nitrogens is 1. The van der Waals surface area contributed by atoms with E-state index in [1.165, 1.54) is 5.56 Å². The second-order valence-electron chi connectivity index (χ2n) is 3.60. The second-order valence-corrected chi connectivity index (χ2v) is 4.46. The smallest absolute Gasteiger partial charge is 0.0693 e. The van der Waals surface area contributed by atoms with E-state index in [1.807, 2.05) is 31.4 Å². The van der Waals surface area contributed by atoms with Crippen molar-refractivity contribution in [1.82, 2.24) is 15.5 Å². The molecule has 0 atom stereocenters. The summed E-state index contributed by atoms with van der Waals surface area (Å²) in [5.41, 5.74) is 3.50. The molecule has 3 nitrogen and oxygen atoms in total. The SMILES string of the molecule is CNCCc1cn[nH]c1-c1ccccc1Br. The molecule has 2 aromatic rings. The summed E-state index contributed by atoms with van der Waals surface area (Å²) in [5, 5.41) is 10.3. The van der Waals surface area contributed by atoms with Crippen LogP contribution in [0.25, 0.3) is 11.3 Å².